The molecule has 23 heavy (non-hydrogen) atoms. The summed E-state index contributed by atoms with van der Waals surface area (Å²) in [5.74, 6) is 0.403. The third-order valence-corrected chi connectivity index (χ3v) is 3.76. The van der Waals surface area contributed by atoms with E-state index in [4.69, 9.17) is 16.3 Å². The lowest BCUT2D eigenvalue weighted by atomic mass is 10.2. The minimum absolute atomic E-state index is 0.0325. The predicted molar refractivity (Wildman–Crippen MR) is 86.3 cm³/mol. The number of carbonyl (C=O) groups excluding carboxylic acids is 1. The number of halogens is 1. The molecule has 1 aliphatic heterocycles. The number of hydrogen-bond donors (Lipinski definition) is 1. The van der Waals surface area contributed by atoms with Crippen LogP contribution >= 0.6 is 11.6 Å². The Morgan fingerprint density at radius 1 is 1.48 bits per heavy atom. The fourth-order valence-electron chi connectivity index (χ4n) is 2.49. The van der Waals surface area contributed by atoms with Gasteiger partial charge in [-0.25, -0.2) is 4.98 Å². The summed E-state index contributed by atoms with van der Waals surface area (Å²) in [6, 6.07) is 5.26. The molecular formula is C15H18ClN5O2. The molecule has 0 aliphatic carbocycles. The number of rotatable bonds is 5. The average molecular weight is 336 g/mol. The standard InChI is InChI=1S/C15H18ClN5O2/c16-12-2-3-14(17-8-12)19-15(22)11-20-6-7-23-13(9-20)10-21-5-1-4-18-21/h1-5,8,13H,6-7,9-11H2,(H,17,19,22). The summed E-state index contributed by atoms with van der Waals surface area (Å²) in [6.45, 7) is 3.03. The fourth-order valence-corrected chi connectivity index (χ4v) is 2.60. The van der Waals surface area contributed by atoms with Crippen molar-refractivity contribution in [3.8, 4) is 0 Å². The monoisotopic (exact) mass is 335 g/mol. The maximum Gasteiger partial charge on any atom is 0.239 e. The first kappa shape index (κ1) is 15.9. The van der Waals surface area contributed by atoms with Gasteiger partial charge in [0, 0.05) is 31.7 Å². The first-order valence-electron chi connectivity index (χ1n) is 7.42. The van der Waals surface area contributed by atoms with Crippen LogP contribution in [0.2, 0.25) is 5.02 Å². The molecule has 1 amide bonds. The predicted octanol–water partition coefficient (Wildman–Crippen LogP) is 1.27. The molecule has 1 fully saturated rings. The van der Waals surface area contributed by atoms with Gasteiger partial charge in [-0.2, -0.15) is 5.10 Å². The Labute approximate surface area is 139 Å². The summed E-state index contributed by atoms with van der Waals surface area (Å²) in [5.41, 5.74) is 0. The molecule has 8 heteroatoms. The van der Waals surface area contributed by atoms with Crippen molar-refractivity contribution in [1.82, 2.24) is 19.7 Å². The normalized spacial score (nSPS) is 18.7. The topological polar surface area (TPSA) is 72.3 Å². The number of carbonyl (C=O) groups is 1. The van der Waals surface area contributed by atoms with E-state index in [0.717, 1.165) is 6.54 Å². The van der Waals surface area contributed by atoms with E-state index in [0.29, 0.717) is 37.1 Å². The van der Waals surface area contributed by atoms with Crippen LogP contribution in [0.5, 0.6) is 0 Å². The lowest BCUT2D eigenvalue weighted by Crippen LogP contribution is -2.47. The third kappa shape index (κ3) is 4.75. The Morgan fingerprint density at radius 3 is 3.13 bits per heavy atom. The summed E-state index contributed by atoms with van der Waals surface area (Å²) in [7, 11) is 0. The lowest BCUT2D eigenvalue weighted by Gasteiger charge is -2.32. The minimum atomic E-state index is -0.0976. The maximum absolute atomic E-state index is 12.1. The second-order valence-electron chi connectivity index (χ2n) is 5.37. The molecule has 1 aliphatic rings. The maximum atomic E-state index is 12.1. The highest BCUT2D eigenvalue weighted by molar-refractivity contribution is 6.30. The van der Waals surface area contributed by atoms with E-state index in [1.54, 1.807) is 18.3 Å². The molecular weight excluding hydrogens is 318 g/mol. The average Bonchev–Trinajstić information content (AvgIpc) is 3.03. The first-order valence-corrected chi connectivity index (χ1v) is 7.79. The van der Waals surface area contributed by atoms with Crippen molar-refractivity contribution in [1.29, 1.82) is 0 Å². The Hall–Kier alpha value is -1.96. The van der Waals surface area contributed by atoms with Crippen LogP contribution < -0.4 is 5.32 Å². The number of aromatic nitrogens is 3. The van der Waals surface area contributed by atoms with Crippen molar-refractivity contribution in [2.75, 3.05) is 31.6 Å². The zero-order chi connectivity index (χ0) is 16.1. The van der Waals surface area contributed by atoms with Crippen LogP contribution in [-0.2, 0) is 16.1 Å². The zero-order valence-electron chi connectivity index (χ0n) is 12.6. The van der Waals surface area contributed by atoms with Gasteiger partial charge in [0.1, 0.15) is 5.82 Å². The molecule has 0 spiro atoms. The summed E-state index contributed by atoms with van der Waals surface area (Å²) in [6.07, 6.45) is 5.19. The second-order valence-corrected chi connectivity index (χ2v) is 5.80. The lowest BCUT2D eigenvalue weighted by molar-refractivity contribution is -0.119. The van der Waals surface area contributed by atoms with Crippen molar-refractivity contribution in [3.05, 3.63) is 41.8 Å². The number of nitrogens with zero attached hydrogens (tertiary/aromatic N) is 4. The van der Waals surface area contributed by atoms with Gasteiger partial charge in [0.25, 0.3) is 0 Å². The number of pyridine rings is 1. The van der Waals surface area contributed by atoms with Crippen molar-refractivity contribution in [3.63, 3.8) is 0 Å². The van der Waals surface area contributed by atoms with E-state index in [1.165, 1.54) is 6.20 Å². The Balaban J connectivity index is 1.48. The molecule has 0 radical (unpaired) electrons. The third-order valence-electron chi connectivity index (χ3n) is 3.53. The molecule has 122 valence electrons. The molecule has 3 rings (SSSR count). The largest absolute Gasteiger partial charge is 0.374 e. The van der Waals surface area contributed by atoms with Crippen LogP contribution in [0, 0.1) is 0 Å². The summed E-state index contributed by atoms with van der Waals surface area (Å²) in [5, 5.41) is 7.49. The summed E-state index contributed by atoms with van der Waals surface area (Å²) < 4.78 is 7.57. The molecule has 1 saturated heterocycles. The minimum Gasteiger partial charge on any atom is -0.374 e. The molecule has 2 aromatic rings. The van der Waals surface area contributed by atoms with Crippen molar-refractivity contribution < 1.29 is 9.53 Å². The Morgan fingerprint density at radius 2 is 2.39 bits per heavy atom. The quantitative estimate of drug-likeness (QED) is 0.891. The van der Waals surface area contributed by atoms with E-state index in [9.17, 15) is 4.79 Å². The first-order chi connectivity index (χ1) is 11.2. The smallest absolute Gasteiger partial charge is 0.239 e. The SMILES string of the molecule is O=C(CN1CCOC(Cn2cccn2)C1)Nc1ccc(Cl)cn1. The summed E-state index contributed by atoms with van der Waals surface area (Å²) in [4.78, 5) is 18.2. The molecule has 1 atom stereocenters. The molecule has 0 bridgehead atoms. The van der Waals surface area contributed by atoms with Crippen LogP contribution in [0.3, 0.4) is 0 Å². The summed E-state index contributed by atoms with van der Waals surface area (Å²) >= 11 is 5.77. The number of anilines is 1. The van der Waals surface area contributed by atoms with Gasteiger partial charge < -0.3 is 10.1 Å². The van der Waals surface area contributed by atoms with Crippen molar-refractivity contribution in [2.24, 2.45) is 0 Å². The fraction of sp³-hybridized carbons (Fsp3) is 0.400. The van der Waals surface area contributed by atoms with Crippen molar-refractivity contribution >= 4 is 23.3 Å². The van der Waals surface area contributed by atoms with Crippen LogP contribution in [-0.4, -0.2) is 57.9 Å². The van der Waals surface area contributed by atoms with Gasteiger partial charge in [0.2, 0.25) is 5.91 Å². The van der Waals surface area contributed by atoms with Gasteiger partial charge in [0.15, 0.2) is 0 Å². The number of morpholine rings is 1. The van der Waals surface area contributed by atoms with E-state index in [-0.39, 0.29) is 12.0 Å². The zero-order valence-corrected chi connectivity index (χ0v) is 13.3. The van der Waals surface area contributed by atoms with Gasteiger partial charge in [0.05, 0.1) is 30.8 Å². The number of amides is 1. The van der Waals surface area contributed by atoms with Crippen LogP contribution in [0.1, 0.15) is 0 Å². The van der Waals surface area contributed by atoms with Crippen LogP contribution in [0.15, 0.2) is 36.8 Å². The molecule has 1 N–H and O–H groups in total. The molecule has 7 nitrogen and oxygen atoms in total. The van der Waals surface area contributed by atoms with Crippen LogP contribution in [0.4, 0.5) is 5.82 Å². The van der Waals surface area contributed by atoms with Gasteiger partial charge in [-0.3, -0.25) is 14.4 Å². The van der Waals surface area contributed by atoms with E-state index < -0.39 is 0 Å². The molecule has 3 heterocycles. The van der Waals surface area contributed by atoms with Gasteiger partial charge in [-0.15, -0.1) is 0 Å². The van der Waals surface area contributed by atoms with E-state index in [1.807, 2.05) is 16.9 Å². The highest BCUT2D eigenvalue weighted by Crippen LogP contribution is 2.10. The van der Waals surface area contributed by atoms with E-state index in [2.05, 4.69) is 20.3 Å². The van der Waals surface area contributed by atoms with Gasteiger partial charge in [-0.1, -0.05) is 11.6 Å². The molecule has 0 aromatic carbocycles. The Bertz CT molecular complexity index is 632. The van der Waals surface area contributed by atoms with Crippen LogP contribution in [0.25, 0.3) is 0 Å². The number of hydrogen-bond acceptors (Lipinski definition) is 5. The van der Waals surface area contributed by atoms with Crippen molar-refractivity contribution in [2.45, 2.75) is 12.6 Å². The Kier molecular flexibility index (Phi) is 5.22. The number of ether oxygens (including phenoxy) is 1. The van der Waals surface area contributed by atoms with Gasteiger partial charge in [-0.05, 0) is 18.2 Å². The highest BCUT2D eigenvalue weighted by Gasteiger charge is 2.22. The molecule has 1 unspecified atom stereocenters. The molecule has 2 aromatic heterocycles. The molecule has 0 saturated carbocycles. The highest BCUT2D eigenvalue weighted by atomic mass is 35.5. The number of nitrogens with one attached hydrogen (secondary N) is 1. The van der Waals surface area contributed by atoms with E-state index >= 15 is 0 Å². The van der Waals surface area contributed by atoms with Gasteiger partial charge >= 0.3 is 0 Å². The second kappa shape index (κ2) is 7.54.